The Labute approximate surface area is 146 Å². The second kappa shape index (κ2) is 4.80. The topological polar surface area (TPSA) is 101 Å². The van der Waals surface area contributed by atoms with Crippen LogP contribution in [0.25, 0.3) is 0 Å². The Kier molecular flexibility index (Phi) is 3.24. The molecule has 0 aromatic rings. The van der Waals surface area contributed by atoms with E-state index in [1.54, 1.807) is 20.8 Å². The summed E-state index contributed by atoms with van der Waals surface area (Å²) in [6.07, 6.45) is -1.29. The molecule has 0 aromatic carbocycles. The summed E-state index contributed by atoms with van der Waals surface area (Å²) in [6.45, 7) is 7.12. The highest BCUT2D eigenvalue weighted by molar-refractivity contribution is 6.02. The quantitative estimate of drug-likeness (QED) is 0.623. The maximum atomic E-state index is 13.3. The Hall–Kier alpha value is -1.53. The van der Waals surface area contributed by atoms with E-state index in [9.17, 15) is 24.6 Å². The van der Waals surface area contributed by atoms with Gasteiger partial charge >= 0.3 is 5.97 Å². The van der Waals surface area contributed by atoms with Crippen LogP contribution in [0, 0.1) is 34.5 Å². The lowest BCUT2D eigenvalue weighted by molar-refractivity contribution is -0.198. The number of esters is 1. The molecule has 0 amide bonds. The second-order valence-corrected chi connectivity index (χ2v) is 8.77. The molecule has 2 saturated carbocycles. The van der Waals surface area contributed by atoms with Crippen LogP contribution in [0.2, 0.25) is 0 Å². The lowest BCUT2D eigenvalue weighted by atomic mass is 9.40. The summed E-state index contributed by atoms with van der Waals surface area (Å²) in [5.41, 5.74) is -1.28. The molecule has 2 N–H and O–H groups in total. The van der Waals surface area contributed by atoms with Crippen molar-refractivity contribution in [2.75, 3.05) is 0 Å². The van der Waals surface area contributed by atoms with Gasteiger partial charge in [0.2, 0.25) is 0 Å². The van der Waals surface area contributed by atoms with Crippen molar-refractivity contribution in [3.05, 3.63) is 11.6 Å². The molecule has 1 aliphatic heterocycles. The number of carbonyl (C=O) groups excluding carboxylic acids is 3. The van der Waals surface area contributed by atoms with Crippen molar-refractivity contribution in [2.45, 2.75) is 52.4 Å². The highest BCUT2D eigenvalue weighted by Gasteiger charge is 2.75. The van der Waals surface area contributed by atoms with E-state index in [0.717, 1.165) is 0 Å². The van der Waals surface area contributed by atoms with Gasteiger partial charge in [0.05, 0.1) is 17.9 Å². The van der Waals surface area contributed by atoms with Crippen LogP contribution in [0.1, 0.15) is 34.1 Å². The highest BCUT2D eigenvalue weighted by atomic mass is 16.6. The first-order valence-electron chi connectivity index (χ1n) is 8.88. The van der Waals surface area contributed by atoms with Crippen LogP contribution in [0.5, 0.6) is 0 Å². The average molecular weight is 348 g/mol. The Morgan fingerprint density at radius 3 is 2.44 bits per heavy atom. The fraction of sp³-hybridized carbons (Fsp3) is 0.737. The molecule has 0 radical (unpaired) electrons. The lowest BCUT2D eigenvalue weighted by Crippen LogP contribution is -2.69. The summed E-state index contributed by atoms with van der Waals surface area (Å²) in [7, 11) is 0. The molecule has 136 valence electrons. The molecule has 4 aliphatic rings. The summed E-state index contributed by atoms with van der Waals surface area (Å²) in [4.78, 5) is 38.2. The van der Waals surface area contributed by atoms with Gasteiger partial charge in [0.15, 0.2) is 17.7 Å². The van der Waals surface area contributed by atoms with Crippen LogP contribution in [-0.2, 0) is 19.1 Å². The van der Waals surface area contributed by atoms with Gasteiger partial charge in [0.25, 0.3) is 0 Å². The van der Waals surface area contributed by atoms with Gasteiger partial charge in [-0.25, -0.2) is 0 Å². The Morgan fingerprint density at radius 2 is 1.80 bits per heavy atom. The smallest absolute Gasteiger partial charge is 0.310 e. The number of hydrogen-bond acceptors (Lipinski definition) is 6. The van der Waals surface area contributed by atoms with Gasteiger partial charge in [-0.15, -0.1) is 0 Å². The molecule has 4 rings (SSSR count). The Bertz CT molecular complexity index is 725. The SMILES string of the molecule is CC1=CC(=O)[C@@H](O)[C@]2(C)[C@@H]1C(=O)[C@H]1OC(=O)[C@H]3[C@H](C)[C@@H](O)C[C@@H]2[C@@]13C. The molecule has 25 heavy (non-hydrogen) atoms. The molecular weight excluding hydrogens is 324 g/mol. The molecule has 3 fully saturated rings. The summed E-state index contributed by atoms with van der Waals surface area (Å²) in [6, 6.07) is 0. The van der Waals surface area contributed by atoms with Crippen LogP contribution >= 0.6 is 0 Å². The maximum Gasteiger partial charge on any atom is 0.310 e. The number of fused-ring (bicyclic) bond motifs is 2. The first-order valence-corrected chi connectivity index (χ1v) is 8.88. The molecular formula is C19H24O6. The number of rotatable bonds is 0. The first-order chi connectivity index (χ1) is 11.6. The van der Waals surface area contributed by atoms with E-state index >= 15 is 0 Å². The van der Waals surface area contributed by atoms with Gasteiger partial charge in [-0.1, -0.05) is 26.3 Å². The van der Waals surface area contributed by atoms with Crippen molar-refractivity contribution in [3.63, 3.8) is 0 Å². The standard InChI is InChI=1S/C19H24O6/c1-7-5-10(21)15(23)18(3)11-6-9(20)8(2)13-17(24)25-16(19(11,13)4)14(22)12(7)18/h5,8-9,11-13,15-16,20,23H,6H2,1-4H3/t8-,9+,11+,12+,13-,15-,16-,18+,19-/m1/s1. The predicted octanol–water partition coefficient (Wildman–Crippen LogP) is 0.646. The number of ether oxygens (including phenoxy) is 1. The minimum absolute atomic E-state index is 0.235. The lowest BCUT2D eigenvalue weighted by Gasteiger charge is -2.62. The van der Waals surface area contributed by atoms with Gasteiger partial charge < -0.3 is 14.9 Å². The summed E-state index contributed by atoms with van der Waals surface area (Å²) in [5.74, 6) is -3.11. The third kappa shape index (κ3) is 1.70. The fourth-order valence-corrected chi connectivity index (χ4v) is 6.55. The summed E-state index contributed by atoms with van der Waals surface area (Å²) < 4.78 is 5.52. The number of hydrogen-bond donors (Lipinski definition) is 2. The number of carbonyl (C=O) groups is 3. The van der Waals surface area contributed by atoms with E-state index in [-0.39, 0.29) is 17.6 Å². The minimum Gasteiger partial charge on any atom is -0.453 e. The third-order valence-corrected chi connectivity index (χ3v) is 7.68. The minimum atomic E-state index is -1.33. The van der Waals surface area contributed by atoms with Gasteiger partial charge in [0, 0.05) is 10.8 Å². The number of aliphatic hydroxyl groups excluding tert-OH is 2. The van der Waals surface area contributed by atoms with Crippen molar-refractivity contribution < 1.29 is 29.3 Å². The van der Waals surface area contributed by atoms with E-state index in [1.807, 2.05) is 6.92 Å². The molecule has 1 saturated heterocycles. The Balaban J connectivity index is 1.97. The molecule has 0 unspecified atom stereocenters. The van der Waals surface area contributed by atoms with E-state index < -0.39 is 52.7 Å². The van der Waals surface area contributed by atoms with Gasteiger partial charge in [-0.3, -0.25) is 14.4 Å². The van der Waals surface area contributed by atoms with Crippen molar-refractivity contribution >= 4 is 17.5 Å². The largest absolute Gasteiger partial charge is 0.453 e. The van der Waals surface area contributed by atoms with Crippen molar-refractivity contribution in [3.8, 4) is 0 Å². The van der Waals surface area contributed by atoms with Crippen LogP contribution in [-0.4, -0.2) is 46.1 Å². The number of Topliss-reactive ketones (excluding diaryl/α,β-unsaturated/α-hetero) is 1. The Morgan fingerprint density at radius 1 is 1.16 bits per heavy atom. The molecule has 0 bridgehead atoms. The zero-order valence-electron chi connectivity index (χ0n) is 14.9. The molecule has 6 nitrogen and oxygen atoms in total. The van der Waals surface area contributed by atoms with Gasteiger partial charge in [0.1, 0.15) is 6.10 Å². The van der Waals surface area contributed by atoms with Crippen molar-refractivity contribution in [1.82, 2.24) is 0 Å². The van der Waals surface area contributed by atoms with Gasteiger partial charge in [-0.05, 0) is 31.3 Å². The zero-order chi connectivity index (χ0) is 18.5. The van der Waals surface area contributed by atoms with E-state index in [2.05, 4.69) is 0 Å². The fourth-order valence-electron chi connectivity index (χ4n) is 6.55. The molecule has 9 atom stereocenters. The molecule has 3 aliphatic carbocycles. The zero-order valence-corrected chi connectivity index (χ0v) is 14.9. The highest BCUT2D eigenvalue weighted by Crippen LogP contribution is 2.67. The molecule has 0 aromatic heterocycles. The first kappa shape index (κ1) is 16.9. The predicted molar refractivity (Wildman–Crippen MR) is 86.1 cm³/mol. The summed E-state index contributed by atoms with van der Waals surface area (Å²) in [5, 5.41) is 21.4. The number of allylic oxidation sites excluding steroid dienone is 1. The van der Waals surface area contributed by atoms with E-state index in [1.165, 1.54) is 6.08 Å². The van der Waals surface area contributed by atoms with Gasteiger partial charge in [-0.2, -0.15) is 0 Å². The van der Waals surface area contributed by atoms with Crippen LogP contribution in [0.15, 0.2) is 11.6 Å². The van der Waals surface area contributed by atoms with E-state index in [4.69, 9.17) is 4.74 Å². The third-order valence-electron chi connectivity index (χ3n) is 7.68. The maximum absolute atomic E-state index is 13.3. The van der Waals surface area contributed by atoms with E-state index in [0.29, 0.717) is 12.0 Å². The number of aliphatic hydroxyl groups is 2. The van der Waals surface area contributed by atoms with Crippen molar-refractivity contribution in [2.24, 2.45) is 34.5 Å². The molecule has 6 heteroatoms. The van der Waals surface area contributed by atoms with Crippen LogP contribution in [0.3, 0.4) is 0 Å². The molecule has 1 heterocycles. The monoisotopic (exact) mass is 348 g/mol. The molecule has 0 spiro atoms. The average Bonchev–Trinajstić information content (AvgIpc) is 2.80. The number of ketones is 2. The van der Waals surface area contributed by atoms with Crippen LogP contribution in [0.4, 0.5) is 0 Å². The second-order valence-electron chi connectivity index (χ2n) is 8.77. The summed E-state index contributed by atoms with van der Waals surface area (Å²) >= 11 is 0. The van der Waals surface area contributed by atoms with Crippen LogP contribution < -0.4 is 0 Å². The van der Waals surface area contributed by atoms with Crippen molar-refractivity contribution in [1.29, 1.82) is 0 Å². The normalized spacial score (nSPS) is 54.6.